The Morgan fingerprint density at radius 2 is 1.78 bits per heavy atom. The molecule has 1 N–H and O–H groups in total. The number of aromatic nitrogens is 3. The molecule has 0 unspecified atom stereocenters. The second kappa shape index (κ2) is 7.91. The van der Waals surface area contributed by atoms with Crippen LogP contribution in [0.1, 0.15) is 24.0 Å². The van der Waals surface area contributed by atoms with Crippen LogP contribution in [0.4, 0.5) is 36.7 Å². The Kier molecular flexibility index (Phi) is 5.51. The van der Waals surface area contributed by atoms with E-state index in [1.165, 1.54) is 10.6 Å². The van der Waals surface area contributed by atoms with Crippen molar-refractivity contribution in [2.24, 2.45) is 0 Å². The minimum atomic E-state index is -5.12. The molecular weight excluding hydrogens is 443 g/mol. The quantitative estimate of drug-likeness (QED) is 0.553. The van der Waals surface area contributed by atoms with Crippen LogP contribution >= 0.6 is 0 Å². The highest BCUT2D eigenvalue weighted by Crippen LogP contribution is 2.41. The van der Waals surface area contributed by atoms with Crippen molar-refractivity contribution in [3.63, 3.8) is 0 Å². The maximum absolute atomic E-state index is 14.6. The summed E-state index contributed by atoms with van der Waals surface area (Å²) >= 11 is 0. The normalized spacial score (nSPS) is 18.3. The third-order valence-corrected chi connectivity index (χ3v) is 5.40. The molecular formula is C20H18F7N5. The summed E-state index contributed by atoms with van der Waals surface area (Å²) in [5, 5.41) is 10.9. The number of alkyl halides is 6. The average Bonchev–Trinajstić information content (AvgIpc) is 3.09. The van der Waals surface area contributed by atoms with Crippen molar-refractivity contribution in [1.82, 2.24) is 19.5 Å². The molecule has 12 heteroatoms. The molecule has 0 saturated carbocycles. The Hall–Kier alpha value is -2.89. The second-order valence-corrected chi connectivity index (χ2v) is 7.76. The zero-order chi connectivity index (χ0) is 23.3. The molecule has 4 rings (SSSR count). The first-order valence-electron chi connectivity index (χ1n) is 9.72. The number of nitrogens with one attached hydrogen (secondary N) is 1. The summed E-state index contributed by atoms with van der Waals surface area (Å²) in [7, 11) is 1.94. The Morgan fingerprint density at radius 1 is 1.03 bits per heavy atom. The minimum absolute atomic E-state index is 0.00161. The molecule has 1 saturated heterocycles. The first kappa shape index (κ1) is 22.3. The van der Waals surface area contributed by atoms with Gasteiger partial charge in [0.1, 0.15) is 11.2 Å². The highest BCUT2D eigenvalue weighted by atomic mass is 19.4. The monoisotopic (exact) mass is 461 g/mol. The van der Waals surface area contributed by atoms with Crippen LogP contribution in [0, 0.1) is 5.82 Å². The van der Waals surface area contributed by atoms with Crippen molar-refractivity contribution in [2.45, 2.75) is 31.2 Å². The van der Waals surface area contributed by atoms with E-state index in [0.29, 0.717) is 18.7 Å². The van der Waals surface area contributed by atoms with E-state index in [1.54, 1.807) is 0 Å². The maximum atomic E-state index is 14.6. The molecule has 0 radical (unpaired) electrons. The van der Waals surface area contributed by atoms with Gasteiger partial charge in [0.25, 0.3) is 0 Å². The van der Waals surface area contributed by atoms with Gasteiger partial charge in [-0.05, 0) is 44.6 Å². The first-order valence-corrected chi connectivity index (χ1v) is 9.72. The van der Waals surface area contributed by atoms with E-state index >= 15 is 0 Å². The number of likely N-dealkylation sites (tertiary alicyclic amines) is 1. The van der Waals surface area contributed by atoms with E-state index in [4.69, 9.17) is 0 Å². The third-order valence-electron chi connectivity index (χ3n) is 5.40. The van der Waals surface area contributed by atoms with Gasteiger partial charge in [0, 0.05) is 24.3 Å². The minimum Gasteiger partial charge on any atom is -0.350 e. The highest BCUT2D eigenvalue weighted by molar-refractivity contribution is 5.80. The first-order chi connectivity index (χ1) is 14.9. The molecule has 32 heavy (non-hydrogen) atoms. The molecule has 0 aliphatic carbocycles. The third kappa shape index (κ3) is 4.23. The van der Waals surface area contributed by atoms with Crippen LogP contribution in [0.15, 0.2) is 30.5 Å². The van der Waals surface area contributed by atoms with E-state index in [2.05, 4.69) is 20.4 Å². The van der Waals surface area contributed by atoms with Gasteiger partial charge in [-0.3, -0.25) is 4.40 Å². The summed E-state index contributed by atoms with van der Waals surface area (Å²) < 4.78 is 95.7. The topological polar surface area (TPSA) is 45.5 Å². The Balaban J connectivity index is 1.83. The number of anilines is 1. The highest BCUT2D eigenvalue weighted by Gasteiger charge is 2.39. The predicted octanol–water partition coefficient (Wildman–Crippen LogP) is 5.08. The molecule has 0 amide bonds. The standard InChI is InChI=1S/C20H18F7N5/c1-31-7-2-3-12(10-31)28-18-30-29-16(17-15(21)6-8-32(17)18)13-5-4-11(19(22,23)24)9-14(13)20(25,26)27/h4-6,8-9,12H,2-3,7,10H2,1H3,(H,28,30)/t12-/m1/s1. The number of likely N-dealkylation sites (N-methyl/N-ethyl adjacent to an activating group) is 1. The zero-order valence-corrected chi connectivity index (χ0v) is 16.7. The van der Waals surface area contributed by atoms with E-state index in [9.17, 15) is 30.7 Å². The van der Waals surface area contributed by atoms with Gasteiger partial charge in [0.15, 0.2) is 5.82 Å². The molecule has 1 fully saturated rings. The summed E-state index contributed by atoms with van der Waals surface area (Å²) in [5.41, 5.74) is -4.53. The van der Waals surface area contributed by atoms with Gasteiger partial charge in [-0.1, -0.05) is 6.07 Å². The number of hydrogen-bond acceptors (Lipinski definition) is 4. The van der Waals surface area contributed by atoms with Gasteiger partial charge < -0.3 is 10.2 Å². The maximum Gasteiger partial charge on any atom is 0.417 e. The lowest BCUT2D eigenvalue weighted by Crippen LogP contribution is -2.40. The van der Waals surface area contributed by atoms with E-state index < -0.39 is 40.6 Å². The summed E-state index contributed by atoms with van der Waals surface area (Å²) in [5.74, 6) is -0.736. The zero-order valence-electron chi connectivity index (χ0n) is 16.7. The number of piperidine rings is 1. The number of nitrogens with zero attached hydrogens (tertiary/aromatic N) is 4. The number of halogens is 7. The van der Waals surface area contributed by atoms with Crippen LogP contribution in [-0.4, -0.2) is 45.7 Å². The summed E-state index contributed by atoms with van der Waals surface area (Å²) in [6.45, 7) is 1.61. The van der Waals surface area contributed by atoms with Crippen LogP contribution in [0.3, 0.4) is 0 Å². The Bertz CT molecular complexity index is 1140. The van der Waals surface area contributed by atoms with Gasteiger partial charge in [0.05, 0.1) is 11.1 Å². The van der Waals surface area contributed by atoms with Crippen LogP contribution < -0.4 is 5.32 Å². The summed E-state index contributed by atoms with van der Waals surface area (Å²) in [4.78, 5) is 2.09. The fourth-order valence-corrected chi connectivity index (χ4v) is 3.91. The largest absolute Gasteiger partial charge is 0.417 e. The lowest BCUT2D eigenvalue weighted by molar-refractivity contribution is -0.142. The number of fused-ring (bicyclic) bond motifs is 1. The molecule has 1 aliphatic heterocycles. The molecule has 3 aromatic rings. The molecule has 1 atom stereocenters. The van der Waals surface area contributed by atoms with E-state index in [-0.39, 0.29) is 23.6 Å². The molecule has 0 bridgehead atoms. The van der Waals surface area contributed by atoms with Gasteiger partial charge in [-0.2, -0.15) is 26.3 Å². The molecule has 0 spiro atoms. The van der Waals surface area contributed by atoms with Gasteiger partial charge in [-0.25, -0.2) is 4.39 Å². The Labute approximate surface area is 177 Å². The summed E-state index contributed by atoms with van der Waals surface area (Å²) in [6, 6.07) is 2.16. The number of benzene rings is 1. The van der Waals surface area contributed by atoms with Gasteiger partial charge in [0.2, 0.25) is 5.95 Å². The van der Waals surface area contributed by atoms with E-state index in [1.807, 2.05) is 7.05 Å². The van der Waals surface area contributed by atoms with Gasteiger partial charge in [-0.15, -0.1) is 10.2 Å². The fourth-order valence-electron chi connectivity index (χ4n) is 3.91. The molecule has 2 aromatic heterocycles. The van der Waals surface area contributed by atoms with E-state index in [0.717, 1.165) is 25.5 Å². The lowest BCUT2D eigenvalue weighted by atomic mass is 10.00. The SMILES string of the molecule is CN1CCC[C@@H](Nc2nnc(-c3ccc(C(F)(F)F)cc3C(F)(F)F)c3c(F)ccn23)C1. The van der Waals surface area contributed by atoms with Crippen molar-refractivity contribution in [1.29, 1.82) is 0 Å². The molecule has 3 heterocycles. The molecule has 1 aliphatic rings. The van der Waals surface area contributed by atoms with Crippen molar-refractivity contribution in [2.75, 3.05) is 25.5 Å². The van der Waals surface area contributed by atoms with Crippen LogP contribution in [0.25, 0.3) is 16.8 Å². The van der Waals surface area contributed by atoms with Crippen molar-refractivity contribution in [3.05, 3.63) is 47.4 Å². The lowest BCUT2D eigenvalue weighted by Gasteiger charge is -2.30. The molecule has 172 valence electrons. The molecule has 5 nitrogen and oxygen atoms in total. The molecule has 1 aromatic carbocycles. The number of hydrogen-bond donors (Lipinski definition) is 1. The second-order valence-electron chi connectivity index (χ2n) is 7.76. The van der Waals surface area contributed by atoms with Crippen molar-refractivity contribution >= 4 is 11.5 Å². The smallest absolute Gasteiger partial charge is 0.350 e. The Morgan fingerprint density at radius 3 is 2.44 bits per heavy atom. The van der Waals surface area contributed by atoms with Crippen LogP contribution in [0.5, 0.6) is 0 Å². The summed E-state index contributed by atoms with van der Waals surface area (Å²) in [6.07, 6.45) is -7.07. The van der Waals surface area contributed by atoms with Crippen molar-refractivity contribution in [3.8, 4) is 11.3 Å². The van der Waals surface area contributed by atoms with Gasteiger partial charge >= 0.3 is 12.4 Å². The average molecular weight is 461 g/mol. The fraction of sp³-hybridized carbons (Fsp3) is 0.400. The number of rotatable bonds is 3. The van der Waals surface area contributed by atoms with Crippen molar-refractivity contribution < 1.29 is 30.7 Å². The van der Waals surface area contributed by atoms with Crippen LogP contribution in [0.2, 0.25) is 0 Å². The predicted molar refractivity (Wildman–Crippen MR) is 103 cm³/mol. The van der Waals surface area contributed by atoms with Crippen LogP contribution in [-0.2, 0) is 12.4 Å².